The summed E-state index contributed by atoms with van der Waals surface area (Å²) in [4.78, 5) is 27.6. The summed E-state index contributed by atoms with van der Waals surface area (Å²) in [7, 11) is 0. The molecule has 0 aromatic carbocycles. The highest BCUT2D eigenvalue weighted by atomic mass is 32.1. The Labute approximate surface area is 187 Å². The van der Waals surface area contributed by atoms with E-state index in [0.717, 1.165) is 47.0 Å². The van der Waals surface area contributed by atoms with Gasteiger partial charge in [-0.1, -0.05) is 28.7 Å². The molecule has 4 rings (SSSR count). The van der Waals surface area contributed by atoms with Gasteiger partial charge in [0.15, 0.2) is 0 Å². The van der Waals surface area contributed by atoms with Crippen molar-refractivity contribution in [2.45, 2.75) is 51.9 Å². The van der Waals surface area contributed by atoms with E-state index in [9.17, 15) is 9.59 Å². The van der Waals surface area contributed by atoms with Gasteiger partial charge in [0.25, 0.3) is 0 Å². The molecule has 0 bridgehead atoms. The minimum absolute atomic E-state index is 0.125. The van der Waals surface area contributed by atoms with Gasteiger partial charge in [-0.25, -0.2) is 0 Å². The standard InChI is InChI=1S/C20H23N7O2S2/c1-11-3-4-14(10-21-11)8-16(29)23-20-26-24-17(30-20)9-13-5-6-15(7-13)18-25-27-19(31-18)22-12(2)28/h3-4,10,13,15H,5-9H2,1-2H3,(H,22,27,28)(H,23,26,29)/t13-,15?/m0/s1. The molecule has 2 N–H and O–H groups in total. The molecular formula is C20H23N7O2S2. The fourth-order valence-electron chi connectivity index (χ4n) is 3.67. The van der Waals surface area contributed by atoms with Crippen molar-refractivity contribution in [1.82, 2.24) is 25.4 Å². The van der Waals surface area contributed by atoms with Gasteiger partial charge in [-0.3, -0.25) is 14.6 Å². The van der Waals surface area contributed by atoms with E-state index in [-0.39, 0.29) is 18.2 Å². The first-order valence-electron chi connectivity index (χ1n) is 10.1. The lowest BCUT2D eigenvalue weighted by atomic mass is 10.0. The van der Waals surface area contributed by atoms with Crippen LogP contribution in [0.1, 0.15) is 53.4 Å². The topological polar surface area (TPSA) is 123 Å². The molecule has 3 aromatic heterocycles. The summed E-state index contributed by atoms with van der Waals surface area (Å²) in [5, 5.41) is 25.2. The predicted molar refractivity (Wildman–Crippen MR) is 119 cm³/mol. The third-order valence-electron chi connectivity index (χ3n) is 5.13. The molecule has 0 aliphatic heterocycles. The summed E-state index contributed by atoms with van der Waals surface area (Å²) in [6.45, 7) is 3.38. The first kappa shape index (κ1) is 21.4. The lowest BCUT2D eigenvalue weighted by molar-refractivity contribution is -0.116. The Morgan fingerprint density at radius 2 is 1.87 bits per heavy atom. The van der Waals surface area contributed by atoms with Crippen molar-refractivity contribution in [2.24, 2.45) is 5.92 Å². The summed E-state index contributed by atoms with van der Waals surface area (Å²) >= 11 is 2.87. The van der Waals surface area contributed by atoms with Crippen molar-refractivity contribution in [3.05, 3.63) is 39.6 Å². The van der Waals surface area contributed by atoms with Crippen molar-refractivity contribution in [1.29, 1.82) is 0 Å². The third-order valence-corrected chi connectivity index (χ3v) is 6.99. The molecule has 9 nitrogen and oxygen atoms in total. The van der Waals surface area contributed by atoms with Crippen LogP contribution < -0.4 is 10.6 Å². The second-order valence-electron chi connectivity index (χ2n) is 7.74. The summed E-state index contributed by atoms with van der Waals surface area (Å²) < 4.78 is 0. The van der Waals surface area contributed by atoms with E-state index < -0.39 is 0 Å². The fraction of sp³-hybridized carbons (Fsp3) is 0.450. The summed E-state index contributed by atoms with van der Waals surface area (Å²) in [6, 6.07) is 3.80. The van der Waals surface area contributed by atoms with Crippen molar-refractivity contribution in [2.75, 3.05) is 10.6 Å². The van der Waals surface area contributed by atoms with Gasteiger partial charge in [0.1, 0.15) is 10.0 Å². The van der Waals surface area contributed by atoms with Crippen molar-refractivity contribution in [3.8, 4) is 0 Å². The third kappa shape index (κ3) is 5.88. The largest absolute Gasteiger partial charge is 0.301 e. The number of anilines is 2. The number of carbonyl (C=O) groups excluding carboxylic acids is 2. The van der Waals surface area contributed by atoms with Gasteiger partial charge in [-0.15, -0.1) is 20.4 Å². The molecule has 1 unspecified atom stereocenters. The predicted octanol–water partition coefficient (Wildman–Crippen LogP) is 3.36. The number of rotatable bonds is 7. The molecule has 2 atom stereocenters. The smallest absolute Gasteiger partial charge is 0.230 e. The van der Waals surface area contributed by atoms with Gasteiger partial charge in [-0.2, -0.15) is 0 Å². The molecular weight excluding hydrogens is 434 g/mol. The average Bonchev–Trinajstić information content (AvgIpc) is 3.45. The minimum atomic E-state index is -0.137. The normalized spacial score (nSPS) is 18.1. The average molecular weight is 458 g/mol. The van der Waals surface area contributed by atoms with Crippen molar-refractivity contribution in [3.63, 3.8) is 0 Å². The van der Waals surface area contributed by atoms with E-state index >= 15 is 0 Å². The molecule has 31 heavy (non-hydrogen) atoms. The maximum absolute atomic E-state index is 12.3. The van der Waals surface area contributed by atoms with E-state index in [0.29, 0.717) is 22.1 Å². The summed E-state index contributed by atoms with van der Waals surface area (Å²) in [5.74, 6) is 0.593. The fourth-order valence-corrected chi connectivity index (χ4v) is 5.48. The highest BCUT2D eigenvalue weighted by Gasteiger charge is 2.29. The van der Waals surface area contributed by atoms with Crippen LogP contribution >= 0.6 is 22.7 Å². The molecule has 1 aliphatic rings. The second-order valence-corrected chi connectivity index (χ2v) is 9.81. The number of carbonyl (C=O) groups is 2. The molecule has 2 amide bonds. The molecule has 0 saturated heterocycles. The molecule has 162 valence electrons. The van der Waals surface area contributed by atoms with Crippen molar-refractivity contribution < 1.29 is 9.59 Å². The highest BCUT2D eigenvalue weighted by molar-refractivity contribution is 7.15. The van der Waals surface area contributed by atoms with E-state index in [1.807, 2.05) is 19.1 Å². The lowest BCUT2D eigenvalue weighted by Crippen LogP contribution is -2.14. The maximum Gasteiger partial charge on any atom is 0.230 e. The number of hydrogen-bond donors (Lipinski definition) is 2. The monoisotopic (exact) mass is 457 g/mol. The Bertz CT molecular complexity index is 1060. The number of aryl methyl sites for hydroxylation is 1. The zero-order chi connectivity index (χ0) is 21.8. The Morgan fingerprint density at radius 1 is 1.06 bits per heavy atom. The van der Waals surface area contributed by atoms with Crippen LogP contribution in [0.3, 0.4) is 0 Å². The lowest BCUT2D eigenvalue weighted by Gasteiger charge is -2.06. The zero-order valence-electron chi connectivity index (χ0n) is 17.3. The first-order chi connectivity index (χ1) is 14.9. The molecule has 3 aromatic rings. The molecule has 11 heteroatoms. The SMILES string of the molecule is CC(=O)Nc1nnc(C2CC[C@H](Cc3nnc(NC(=O)Cc4ccc(C)nc4)s3)C2)s1. The number of amides is 2. The molecule has 1 fully saturated rings. The van der Waals surface area contributed by atoms with Crippen LogP contribution in [0, 0.1) is 12.8 Å². The van der Waals surface area contributed by atoms with Crippen LogP contribution in [0.4, 0.5) is 10.3 Å². The maximum atomic E-state index is 12.3. The van der Waals surface area contributed by atoms with Crippen LogP contribution in [0.5, 0.6) is 0 Å². The number of aromatic nitrogens is 5. The van der Waals surface area contributed by atoms with E-state index in [1.165, 1.54) is 29.6 Å². The van der Waals surface area contributed by atoms with Crippen LogP contribution in [0.15, 0.2) is 18.3 Å². The van der Waals surface area contributed by atoms with Crippen molar-refractivity contribution >= 4 is 44.8 Å². The van der Waals surface area contributed by atoms with E-state index in [2.05, 4.69) is 36.0 Å². The molecule has 1 saturated carbocycles. The second kappa shape index (κ2) is 9.56. The Kier molecular flexibility index (Phi) is 6.62. The molecule has 0 spiro atoms. The van der Waals surface area contributed by atoms with E-state index in [4.69, 9.17) is 0 Å². The highest BCUT2D eigenvalue weighted by Crippen LogP contribution is 2.41. The molecule has 0 radical (unpaired) electrons. The summed E-state index contributed by atoms with van der Waals surface area (Å²) in [6.07, 6.45) is 5.95. The van der Waals surface area contributed by atoms with Crippen LogP contribution in [-0.4, -0.2) is 37.2 Å². The van der Waals surface area contributed by atoms with Gasteiger partial charge in [0.05, 0.1) is 6.42 Å². The number of nitrogens with one attached hydrogen (secondary N) is 2. The first-order valence-corrected chi connectivity index (χ1v) is 11.7. The van der Waals surface area contributed by atoms with Gasteiger partial charge >= 0.3 is 0 Å². The molecule has 1 aliphatic carbocycles. The number of nitrogens with zero attached hydrogens (tertiary/aromatic N) is 5. The number of pyridine rings is 1. The molecule has 3 heterocycles. The Morgan fingerprint density at radius 3 is 2.65 bits per heavy atom. The van der Waals surface area contributed by atoms with Gasteiger partial charge in [0, 0.05) is 31.2 Å². The van der Waals surface area contributed by atoms with Gasteiger partial charge < -0.3 is 10.6 Å². The summed E-state index contributed by atoms with van der Waals surface area (Å²) in [5.41, 5.74) is 1.79. The van der Waals surface area contributed by atoms with E-state index in [1.54, 1.807) is 6.20 Å². The van der Waals surface area contributed by atoms with Crippen LogP contribution in [0.2, 0.25) is 0 Å². The van der Waals surface area contributed by atoms with Gasteiger partial charge in [-0.05, 0) is 43.7 Å². The zero-order valence-corrected chi connectivity index (χ0v) is 18.9. The van der Waals surface area contributed by atoms with Crippen LogP contribution in [-0.2, 0) is 22.4 Å². The van der Waals surface area contributed by atoms with Gasteiger partial charge in [0.2, 0.25) is 22.1 Å². The number of hydrogen-bond acceptors (Lipinski definition) is 9. The van der Waals surface area contributed by atoms with Crippen LogP contribution in [0.25, 0.3) is 0 Å². The Balaban J connectivity index is 1.27. The minimum Gasteiger partial charge on any atom is -0.301 e. The Hall–Kier alpha value is -2.79. The quantitative estimate of drug-likeness (QED) is 0.558.